The topological polar surface area (TPSA) is 112 Å². The van der Waals surface area contributed by atoms with Gasteiger partial charge < -0.3 is 10.1 Å². The Hall–Kier alpha value is -3.62. The molecule has 0 radical (unpaired) electrons. The molecular formula is C22H24N6O3. The van der Waals surface area contributed by atoms with Crippen LogP contribution in [0.15, 0.2) is 36.4 Å². The summed E-state index contributed by atoms with van der Waals surface area (Å²) < 4.78 is 6.81. The Kier molecular flexibility index (Phi) is 6.01. The number of hydrogen-bond acceptors (Lipinski definition) is 7. The smallest absolute Gasteiger partial charge is 0.245 e. The third-order valence-electron chi connectivity index (χ3n) is 5.41. The lowest BCUT2D eigenvalue weighted by atomic mass is 9.94. The van der Waals surface area contributed by atoms with E-state index < -0.39 is 6.04 Å². The van der Waals surface area contributed by atoms with Crippen molar-refractivity contribution < 1.29 is 14.3 Å². The fourth-order valence-electron chi connectivity index (χ4n) is 3.78. The number of ketones is 1. The summed E-state index contributed by atoms with van der Waals surface area (Å²) in [6.45, 7) is 2.02. The average molecular weight is 420 g/mol. The molecule has 1 N–H and O–H groups in total. The molecule has 160 valence electrons. The molecule has 3 aromatic rings. The number of amides is 1. The maximum absolute atomic E-state index is 13.1. The van der Waals surface area contributed by atoms with E-state index in [-0.39, 0.29) is 18.2 Å². The lowest BCUT2D eigenvalue weighted by Crippen LogP contribution is -2.35. The Morgan fingerprint density at radius 3 is 2.90 bits per heavy atom. The van der Waals surface area contributed by atoms with E-state index in [1.54, 1.807) is 20.1 Å². The van der Waals surface area contributed by atoms with E-state index in [1.165, 1.54) is 4.68 Å². The minimum atomic E-state index is -0.624. The first-order valence-electron chi connectivity index (χ1n) is 10.2. The molecule has 1 atom stereocenters. The second kappa shape index (κ2) is 9.03. The van der Waals surface area contributed by atoms with E-state index in [1.807, 2.05) is 30.3 Å². The number of rotatable bonds is 7. The van der Waals surface area contributed by atoms with Gasteiger partial charge in [0, 0.05) is 18.4 Å². The first-order chi connectivity index (χ1) is 15.0. The minimum absolute atomic E-state index is 0.136. The molecule has 0 bridgehead atoms. The van der Waals surface area contributed by atoms with Crippen LogP contribution in [0.1, 0.15) is 52.0 Å². The highest BCUT2D eigenvalue weighted by molar-refractivity contribution is 5.97. The van der Waals surface area contributed by atoms with Gasteiger partial charge in [0.05, 0.1) is 25.0 Å². The molecule has 1 aliphatic carbocycles. The van der Waals surface area contributed by atoms with E-state index in [0.29, 0.717) is 24.2 Å². The SMILES string of the molecule is COc1cccc(CC(C(=O)NCc2ccc3c(n2)CCCC3=O)n2nnnc2C)c1. The van der Waals surface area contributed by atoms with Gasteiger partial charge in [0.25, 0.3) is 0 Å². The molecule has 4 rings (SSSR count). The predicted octanol–water partition coefficient (Wildman–Crippen LogP) is 2.00. The number of methoxy groups -OCH3 is 1. The van der Waals surface area contributed by atoms with Crippen molar-refractivity contribution in [1.29, 1.82) is 0 Å². The molecule has 1 aliphatic rings. The zero-order valence-corrected chi connectivity index (χ0v) is 17.5. The van der Waals surface area contributed by atoms with Crippen molar-refractivity contribution in [2.24, 2.45) is 0 Å². The third-order valence-corrected chi connectivity index (χ3v) is 5.41. The zero-order chi connectivity index (χ0) is 21.8. The summed E-state index contributed by atoms with van der Waals surface area (Å²) in [7, 11) is 1.61. The molecule has 9 heteroatoms. The molecular weight excluding hydrogens is 396 g/mol. The predicted molar refractivity (Wildman–Crippen MR) is 112 cm³/mol. The van der Waals surface area contributed by atoms with E-state index >= 15 is 0 Å². The molecule has 0 saturated carbocycles. The van der Waals surface area contributed by atoms with Gasteiger partial charge in [0.2, 0.25) is 5.91 Å². The number of tetrazole rings is 1. The van der Waals surface area contributed by atoms with Crippen LogP contribution in [0.5, 0.6) is 5.75 Å². The van der Waals surface area contributed by atoms with Crippen molar-refractivity contribution in [2.75, 3.05) is 7.11 Å². The van der Waals surface area contributed by atoms with Crippen LogP contribution in [0.2, 0.25) is 0 Å². The normalized spacial score (nSPS) is 14.1. The first kappa shape index (κ1) is 20.6. The minimum Gasteiger partial charge on any atom is -0.497 e. The van der Waals surface area contributed by atoms with Crippen LogP contribution in [0.3, 0.4) is 0 Å². The molecule has 0 saturated heterocycles. The summed E-state index contributed by atoms with van der Waals surface area (Å²) in [6, 6.07) is 10.5. The molecule has 0 aliphatic heterocycles. The van der Waals surface area contributed by atoms with Gasteiger partial charge in [-0.1, -0.05) is 12.1 Å². The molecule has 0 spiro atoms. The Bertz CT molecular complexity index is 1110. The van der Waals surface area contributed by atoms with Gasteiger partial charge in [-0.05, 0) is 60.0 Å². The summed E-state index contributed by atoms with van der Waals surface area (Å²) in [6.07, 6.45) is 2.57. The standard InChI is InChI=1S/C22H24N6O3/c1-14-25-26-27-28(14)20(12-15-5-3-6-17(11-15)31-2)22(30)23-13-16-9-10-18-19(24-16)7-4-8-21(18)29/h3,5-6,9-11,20H,4,7-8,12-13H2,1-2H3,(H,23,30). The van der Waals surface area contributed by atoms with Crippen molar-refractivity contribution in [3.05, 3.63) is 64.7 Å². The van der Waals surface area contributed by atoms with Crippen LogP contribution < -0.4 is 10.1 Å². The molecule has 1 aromatic carbocycles. The number of aryl methyl sites for hydroxylation is 2. The van der Waals surface area contributed by atoms with Crippen LogP contribution in [0, 0.1) is 6.92 Å². The number of ether oxygens (including phenoxy) is 1. The van der Waals surface area contributed by atoms with Crippen LogP contribution in [-0.4, -0.2) is 44.0 Å². The lowest BCUT2D eigenvalue weighted by Gasteiger charge is -2.18. The van der Waals surface area contributed by atoms with Crippen LogP contribution in [-0.2, 0) is 24.2 Å². The molecule has 9 nitrogen and oxygen atoms in total. The maximum Gasteiger partial charge on any atom is 0.245 e. The van der Waals surface area contributed by atoms with Gasteiger partial charge in [0.15, 0.2) is 5.78 Å². The number of fused-ring (bicyclic) bond motifs is 1. The lowest BCUT2D eigenvalue weighted by molar-refractivity contribution is -0.124. The summed E-state index contributed by atoms with van der Waals surface area (Å²) in [5, 5.41) is 14.6. The number of pyridine rings is 1. The highest BCUT2D eigenvalue weighted by Crippen LogP contribution is 2.21. The number of aromatic nitrogens is 5. The maximum atomic E-state index is 13.1. The Morgan fingerprint density at radius 2 is 2.13 bits per heavy atom. The second-order valence-electron chi connectivity index (χ2n) is 7.53. The Labute approximate surface area is 179 Å². The van der Waals surface area contributed by atoms with Crippen LogP contribution in [0.4, 0.5) is 0 Å². The van der Waals surface area contributed by atoms with Gasteiger partial charge in [0.1, 0.15) is 17.6 Å². The molecule has 1 unspecified atom stereocenters. The van der Waals surface area contributed by atoms with Crippen LogP contribution >= 0.6 is 0 Å². The molecule has 31 heavy (non-hydrogen) atoms. The molecule has 1 amide bonds. The van der Waals surface area contributed by atoms with Crippen LogP contribution in [0.25, 0.3) is 0 Å². The Balaban J connectivity index is 1.51. The highest BCUT2D eigenvalue weighted by Gasteiger charge is 2.25. The van der Waals surface area contributed by atoms with Crippen molar-refractivity contribution >= 4 is 11.7 Å². The van der Waals surface area contributed by atoms with E-state index in [0.717, 1.165) is 35.5 Å². The number of benzene rings is 1. The van der Waals surface area contributed by atoms with Crippen molar-refractivity contribution in [3.8, 4) is 5.75 Å². The molecule has 0 fully saturated rings. The summed E-state index contributed by atoms with van der Waals surface area (Å²) in [4.78, 5) is 29.7. The van der Waals surface area contributed by atoms with Gasteiger partial charge in [-0.25, -0.2) is 4.68 Å². The number of hydrogen-bond donors (Lipinski definition) is 1. The van der Waals surface area contributed by atoms with Gasteiger partial charge in [-0.3, -0.25) is 14.6 Å². The monoisotopic (exact) mass is 420 g/mol. The number of Topliss-reactive ketones (excluding diaryl/α,β-unsaturated/α-hetero) is 1. The van der Waals surface area contributed by atoms with E-state index in [4.69, 9.17) is 4.74 Å². The quantitative estimate of drug-likeness (QED) is 0.622. The summed E-state index contributed by atoms with van der Waals surface area (Å²) in [5.74, 6) is 1.19. The zero-order valence-electron chi connectivity index (χ0n) is 17.5. The first-order valence-corrected chi connectivity index (χ1v) is 10.2. The molecule has 2 aromatic heterocycles. The number of carbonyl (C=O) groups excluding carboxylic acids is 2. The number of nitrogens with zero attached hydrogens (tertiary/aromatic N) is 5. The van der Waals surface area contributed by atoms with Gasteiger partial charge in [-0.15, -0.1) is 5.10 Å². The van der Waals surface area contributed by atoms with E-state index in [9.17, 15) is 9.59 Å². The van der Waals surface area contributed by atoms with Crippen molar-refractivity contribution in [1.82, 2.24) is 30.5 Å². The average Bonchev–Trinajstić information content (AvgIpc) is 3.21. The number of carbonyl (C=O) groups is 2. The Morgan fingerprint density at radius 1 is 1.26 bits per heavy atom. The van der Waals surface area contributed by atoms with Gasteiger partial charge >= 0.3 is 0 Å². The third kappa shape index (κ3) is 4.60. The van der Waals surface area contributed by atoms with E-state index in [2.05, 4.69) is 25.8 Å². The van der Waals surface area contributed by atoms with Crippen molar-refractivity contribution in [3.63, 3.8) is 0 Å². The summed E-state index contributed by atoms with van der Waals surface area (Å²) in [5.41, 5.74) is 3.16. The molecule has 2 heterocycles. The van der Waals surface area contributed by atoms with Crippen molar-refractivity contribution in [2.45, 2.75) is 45.2 Å². The number of nitrogens with one attached hydrogen (secondary N) is 1. The summed E-state index contributed by atoms with van der Waals surface area (Å²) >= 11 is 0. The van der Waals surface area contributed by atoms with Gasteiger partial charge in [-0.2, -0.15) is 0 Å². The fraction of sp³-hybridized carbons (Fsp3) is 0.364. The highest BCUT2D eigenvalue weighted by atomic mass is 16.5. The largest absolute Gasteiger partial charge is 0.497 e. The fourth-order valence-corrected chi connectivity index (χ4v) is 3.78. The second-order valence-corrected chi connectivity index (χ2v) is 7.53.